The summed E-state index contributed by atoms with van der Waals surface area (Å²) >= 11 is 0. The van der Waals surface area contributed by atoms with E-state index in [1.165, 1.54) is 0 Å². The van der Waals surface area contributed by atoms with Gasteiger partial charge < -0.3 is 0 Å². The Balaban J connectivity index is 1.74. The van der Waals surface area contributed by atoms with E-state index in [0.29, 0.717) is 31.8 Å². The second-order valence-corrected chi connectivity index (χ2v) is 22.7. The van der Waals surface area contributed by atoms with E-state index < -0.39 is 24.1 Å². The Labute approximate surface area is 289 Å². The van der Waals surface area contributed by atoms with Gasteiger partial charge >= 0.3 is 290 Å². The van der Waals surface area contributed by atoms with Crippen LogP contribution in [-0.2, 0) is 18.3 Å². The zero-order chi connectivity index (χ0) is 34.3. The summed E-state index contributed by atoms with van der Waals surface area (Å²) in [4.78, 5) is 0. The topological polar surface area (TPSA) is 93.1 Å². The van der Waals surface area contributed by atoms with Crippen LogP contribution in [0.2, 0.25) is 0 Å². The fourth-order valence-corrected chi connectivity index (χ4v) is 22.4. The molecule has 0 atom stereocenters. The average Bonchev–Trinajstić information content (AvgIpc) is 3.16. The molecule has 49 heavy (non-hydrogen) atoms. The summed E-state index contributed by atoms with van der Waals surface area (Å²) in [6.45, 7) is -9.97. The number of aliphatic hydroxyl groups excluding tert-OH is 2. The fraction of sp³-hybridized carbons (Fsp3) is 0.100. The van der Waals surface area contributed by atoms with Gasteiger partial charge in [0.05, 0.1) is 0 Å². The monoisotopic (exact) mass is 710 g/mol. The van der Waals surface area contributed by atoms with Crippen molar-refractivity contribution in [2.24, 2.45) is 0 Å². The standard InChI is InChI=1S/C40H40O6P2S/c41-31-33-47(35-19-7-1-8-20-35,36-21-9-2-10-22-36,37-23-11-3-12-24-37)45-49(43,44)46-48(34-32-42,38-25-13-4-14-26-38,39-27-15-5-16-28-39)40-29-17-6-18-30-40/h1-30,41-42H,31-34H2. The normalized spacial score (nSPS) is 13.8. The summed E-state index contributed by atoms with van der Waals surface area (Å²) in [6, 6.07) is 55.7. The van der Waals surface area contributed by atoms with Gasteiger partial charge in [0.2, 0.25) is 0 Å². The van der Waals surface area contributed by atoms with Crippen LogP contribution in [0.5, 0.6) is 0 Å². The van der Waals surface area contributed by atoms with Crippen molar-refractivity contribution in [3.63, 3.8) is 0 Å². The molecule has 0 heterocycles. The van der Waals surface area contributed by atoms with E-state index in [9.17, 15) is 10.2 Å². The molecule has 0 fully saturated rings. The third-order valence-electron chi connectivity index (χ3n) is 9.38. The van der Waals surface area contributed by atoms with Crippen LogP contribution in [0.4, 0.5) is 0 Å². The molecular formula is C40H40O6P2S. The third-order valence-corrected chi connectivity index (χ3v) is 23.9. The quantitative estimate of drug-likeness (QED) is 0.152. The van der Waals surface area contributed by atoms with Crippen molar-refractivity contribution in [1.29, 1.82) is 0 Å². The van der Waals surface area contributed by atoms with Gasteiger partial charge in [-0.3, -0.25) is 0 Å². The molecule has 0 saturated heterocycles. The molecule has 9 heteroatoms. The molecule has 252 valence electrons. The molecule has 0 aliphatic heterocycles. The second kappa shape index (κ2) is 14.1. The van der Waals surface area contributed by atoms with Crippen LogP contribution in [0.25, 0.3) is 0 Å². The molecule has 0 radical (unpaired) electrons. The van der Waals surface area contributed by atoms with E-state index in [2.05, 4.69) is 0 Å². The Hall–Kier alpha value is -4.03. The molecule has 0 spiro atoms. The Morgan fingerprint density at radius 1 is 0.367 bits per heavy atom. The molecule has 6 rings (SSSR count). The van der Waals surface area contributed by atoms with Gasteiger partial charge in [0, 0.05) is 0 Å². The predicted molar refractivity (Wildman–Crippen MR) is 205 cm³/mol. The molecule has 0 amide bonds. The van der Waals surface area contributed by atoms with Crippen molar-refractivity contribution in [3.8, 4) is 0 Å². The number of benzene rings is 6. The van der Waals surface area contributed by atoms with E-state index in [-0.39, 0.29) is 25.5 Å². The number of aliphatic hydroxyl groups is 2. The van der Waals surface area contributed by atoms with Crippen molar-refractivity contribution < 1.29 is 26.6 Å². The van der Waals surface area contributed by atoms with Gasteiger partial charge in [-0.25, -0.2) is 0 Å². The van der Waals surface area contributed by atoms with Gasteiger partial charge in [0.15, 0.2) is 0 Å². The SMILES string of the molecule is O=S(=O)(OP(CCO)(c1ccccc1)(c1ccccc1)c1ccccc1)OP(CCO)(c1ccccc1)(c1ccccc1)c1ccccc1. The summed E-state index contributed by atoms with van der Waals surface area (Å²) in [6.07, 6.45) is -0.0750. The van der Waals surface area contributed by atoms with Crippen LogP contribution in [0.3, 0.4) is 0 Å². The summed E-state index contributed by atoms with van der Waals surface area (Å²) in [5.41, 5.74) is 0. The average molecular weight is 711 g/mol. The van der Waals surface area contributed by atoms with Gasteiger partial charge in [-0.05, 0) is 0 Å². The fourth-order valence-electron chi connectivity index (χ4n) is 7.26. The third kappa shape index (κ3) is 5.76. The van der Waals surface area contributed by atoms with Crippen molar-refractivity contribution in [2.45, 2.75) is 0 Å². The van der Waals surface area contributed by atoms with E-state index in [0.717, 1.165) is 0 Å². The van der Waals surface area contributed by atoms with Crippen LogP contribution in [0.15, 0.2) is 182 Å². The van der Waals surface area contributed by atoms with E-state index in [4.69, 9.17) is 7.94 Å². The van der Waals surface area contributed by atoms with Crippen LogP contribution in [-0.4, -0.2) is 44.2 Å². The van der Waals surface area contributed by atoms with Gasteiger partial charge in [-0.2, -0.15) is 0 Å². The molecule has 0 aromatic heterocycles. The Morgan fingerprint density at radius 3 is 0.714 bits per heavy atom. The van der Waals surface area contributed by atoms with Gasteiger partial charge in [0.25, 0.3) is 0 Å². The maximum absolute atomic E-state index is 15.5. The molecule has 6 aromatic rings. The number of hydrogen-bond acceptors (Lipinski definition) is 6. The molecule has 6 aromatic carbocycles. The summed E-state index contributed by atoms with van der Waals surface area (Å²) in [5, 5.41) is 25.6. The molecule has 0 bridgehead atoms. The molecule has 0 aliphatic carbocycles. The Morgan fingerprint density at radius 2 is 0.551 bits per heavy atom. The van der Waals surface area contributed by atoms with Crippen LogP contribution < -0.4 is 31.8 Å². The first-order chi connectivity index (χ1) is 23.8. The predicted octanol–water partition coefficient (Wildman–Crippen LogP) is 5.14. The van der Waals surface area contributed by atoms with Crippen molar-refractivity contribution in [1.82, 2.24) is 0 Å². The van der Waals surface area contributed by atoms with Crippen molar-refractivity contribution >= 4 is 55.9 Å². The number of rotatable bonds is 14. The first kappa shape index (κ1) is 34.8. The summed E-state index contributed by atoms with van der Waals surface area (Å²) < 4.78 is 45.0. The summed E-state index contributed by atoms with van der Waals surface area (Å²) in [7, 11) is -5.05. The molecular weight excluding hydrogens is 670 g/mol. The molecule has 6 nitrogen and oxygen atoms in total. The summed E-state index contributed by atoms with van der Waals surface area (Å²) in [5.74, 6) is 0. The molecule has 0 unspecified atom stereocenters. The van der Waals surface area contributed by atoms with Crippen LogP contribution in [0.1, 0.15) is 0 Å². The van der Waals surface area contributed by atoms with Gasteiger partial charge in [-0.15, -0.1) is 0 Å². The van der Waals surface area contributed by atoms with Gasteiger partial charge in [0.1, 0.15) is 0 Å². The second-order valence-electron chi connectivity index (χ2n) is 11.9. The van der Waals surface area contributed by atoms with Crippen LogP contribution in [0, 0.1) is 0 Å². The minimum absolute atomic E-state index is 0.0375. The van der Waals surface area contributed by atoms with Crippen molar-refractivity contribution in [3.05, 3.63) is 182 Å². The first-order valence-corrected chi connectivity index (χ1v) is 22.1. The maximum atomic E-state index is 15.5. The Kier molecular flexibility index (Phi) is 10.00. The van der Waals surface area contributed by atoms with Gasteiger partial charge in [-0.1, -0.05) is 0 Å². The molecule has 0 aliphatic rings. The minimum atomic E-state index is -5.05. The van der Waals surface area contributed by atoms with Crippen molar-refractivity contribution in [2.75, 3.05) is 25.5 Å². The first-order valence-electron chi connectivity index (χ1n) is 16.1. The Bertz CT molecular complexity index is 1720. The molecule has 2 N–H and O–H groups in total. The zero-order valence-corrected chi connectivity index (χ0v) is 29.6. The number of hydrogen-bond donors (Lipinski definition) is 2. The van der Waals surface area contributed by atoms with E-state index in [1.807, 2.05) is 182 Å². The zero-order valence-electron chi connectivity index (χ0n) is 27.0. The van der Waals surface area contributed by atoms with E-state index >= 15 is 8.42 Å². The van der Waals surface area contributed by atoms with Crippen LogP contribution >= 0.6 is 13.7 Å². The van der Waals surface area contributed by atoms with E-state index in [1.54, 1.807) is 0 Å². The molecule has 0 saturated carbocycles.